The van der Waals surface area contributed by atoms with Crippen LogP contribution >= 0.6 is 11.6 Å². The van der Waals surface area contributed by atoms with E-state index in [1.807, 2.05) is 4.81 Å². The quantitative estimate of drug-likeness (QED) is 0.337. The summed E-state index contributed by atoms with van der Waals surface area (Å²) >= 11 is 5.88. The molecule has 1 unspecified atom stereocenters. The van der Waals surface area contributed by atoms with Crippen molar-refractivity contribution < 1.29 is 9.45 Å². The van der Waals surface area contributed by atoms with Crippen LogP contribution in [0.25, 0.3) is 0 Å². The number of rotatable bonds is 3. The van der Waals surface area contributed by atoms with Crippen LogP contribution in [-0.2, 0) is 9.45 Å². The van der Waals surface area contributed by atoms with Crippen molar-refractivity contribution in [2.75, 3.05) is 13.7 Å². The number of aldehydes is 1. The second-order valence-electron chi connectivity index (χ2n) is 2.66. The first-order chi connectivity index (χ1) is 5.29. The van der Waals surface area contributed by atoms with E-state index < -0.39 is 0 Å². The molecule has 1 fully saturated rings. The molecule has 3 nitrogen and oxygen atoms in total. The summed E-state index contributed by atoms with van der Waals surface area (Å²) in [6.07, 6.45) is 1.76. The molecular formula is C6H11BClNO2. The summed E-state index contributed by atoms with van der Waals surface area (Å²) in [5, 5.41) is -0.0392. The van der Waals surface area contributed by atoms with Crippen LogP contribution in [0.2, 0.25) is 0 Å². The molecule has 0 amide bonds. The van der Waals surface area contributed by atoms with Gasteiger partial charge in [-0.1, -0.05) is 0 Å². The van der Waals surface area contributed by atoms with Gasteiger partial charge in [-0.05, 0) is 13.0 Å². The second kappa shape index (κ2) is 4.09. The predicted octanol–water partition coefficient (Wildman–Crippen LogP) is -0.220. The fraction of sp³-hybridized carbons (Fsp3) is 0.833. The van der Waals surface area contributed by atoms with Gasteiger partial charge in [0, 0.05) is 7.11 Å². The van der Waals surface area contributed by atoms with Gasteiger partial charge in [0.15, 0.2) is 0 Å². The van der Waals surface area contributed by atoms with Gasteiger partial charge in [0.1, 0.15) is 6.29 Å². The number of halogens is 1. The lowest BCUT2D eigenvalue weighted by atomic mass is 10.1. The average molecular weight is 175 g/mol. The van der Waals surface area contributed by atoms with E-state index in [9.17, 15) is 4.79 Å². The van der Waals surface area contributed by atoms with E-state index in [-0.39, 0.29) is 11.4 Å². The van der Waals surface area contributed by atoms with Gasteiger partial charge in [-0.25, -0.2) is 0 Å². The van der Waals surface area contributed by atoms with E-state index in [4.69, 9.17) is 16.3 Å². The lowest BCUT2D eigenvalue weighted by Gasteiger charge is -2.18. The number of carbonyl (C=O) groups is 1. The Labute approximate surface area is 71.9 Å². The van der Waals surface area contributed by atoms with Crippen LogP contribution < -0.4 is 0 Å². The van der Waals surface area contributed by atoms with E-state index in [0.29, 0.717) is 7.62 Å². The molecule has 0 spiro atoms. The van der Waals surface area contributed by atoms with Crippen molar-refractivity contribution in [1.29, 1.82) is 0 Å². The lowest BCUT2D eigenvalue weighted by Crippen LogP contribution is -2.38. The molecular weight excluding hydrogens is 164 g/mol. The average Bonchev–Trinajstić information content (AvgIpc) is 2.33. The first-order valence-electron chi connectivity index (χ1n) is 3.62. The Balaban J connectivity index is 2.46. The highest BCUT2D eigenvalue weighted by atomic mass is 35.5. The highest BCUT2D eigenvalue weighted by Crippen LogP contribution is 2.20. The Morgan fingerprint density at radius 2 is 2.55 bits per heavy atom. The molecule has 1 saturated heterocycles. The Bertz CT molecular complexity index is 145. The van der Waals surface area contributed by atoms with Crippen LogP contribution in [-0.4, -0.2) is 43.8 Å². The summed E-state index contributed by atoms with van der Waals surface area (Å²) in [5.41, 5.74) is 0. The third-order valence-corrected chi connectivity index (χ3v) is 2.40. The van der Waals surface area contributed by atoms with Crippen LogP contribution in [0, 0.1) is 0 Å². The molecule has 1 aliphatic heterocycles. The van der Waals surface area contributed by atoms with Gasteiger partial charge in [0.25, 0.3) is 0 Å². The van der Waals surface area contributed by atoms with E-state index in [1.54, 1.807) is 7.11 Å². The Kier molecular flexibility index (Phi) is 3.36. The molecule has 5 heteroatoms. The highest BCUT2D eigenvalue weighted by Gasteiger charge is 2.32. The van der Waals surface area contributed by atoms with Crippen molar-refractivity contribution in [3.63, 3.8) is 0 Å². The summed E-state index contributed by atoms with van der Waals surface area (Å²) in [5.74, 6) is 0. The first kappa shape index (κ1) is 9.04. The van der Waals surface area contributed by atoms with Gasteiger partial charge >= 0.3 is 7.62 Å². The predicted molar refractivity (Wildman–Crippen MR) is 45.0 cm³/mol. The highest BCUT2D eigenvalue weighted by molar-refractivity contribution is 6.27. The minimum atomic E-state index is -0.156. The third-order valence-electron chi connectivity index (χ3n) is 1.92. The molecule has 1 rings (SSSR count). The summed E-state index contributed by atoms with van der Waals surface area (Å²) in [4.78, 5) is 12.5. The normalized spacial score (nSPS) is 32.2. The Hall–Kier alpha value is -0.0551. The molecule has 0 aromatic rings. The maximum atomic E-state index is 10.5. The summed E-state index contributed by atoms with van der Waals surface area (Å²) in [6.45, 7) is 0.853. The first-order valence-corrected chi connectivity index (χ1v) is 4.05. The molecule has 62 valence electrons. The van der Waals surface area contributed by atoms with Gasteiger partial charge in [0.05, 0.1) is 11.4 Å². The molecule has 0 aromatic heterocycles. The SMILES string of the molecule is COBN1CCC(Cl)[C@@H]1C=O. The zero-order chi connectivity index (χ0) is 8.27. The maximum Gasteiger partial charge on any atom is 0.363 e. The van der Waals surface area contributed by atoms with E-state index >= 15 is 0 Å². The number of hydrogen-bond donors (Lipinski definition) is 0. The fourth-order valence-corrected chi connectivity index (χ4v) is 1.64. The Morgan fingerprint density at radius 1 is 1.82 bits per heavy atom. The molecule has 0 radical (unpaired) electrons. The van der Waals surface area contributed by atoms with Crippen molar-refractivity contribution in [2.45, 2.75) is 17.8 Å². The van der Waals surface area contributed by atoms with Gasteiger partial charge in [-0.2, -0.15) is 0 Å². The molecule has 0 bridgehead atoms. The van der Waals surface area contributed by atoms with E-state index in [1.165, 1.54) is 0 Å². The molecule has 0 aromatic carbocycles. The minimum Gasteiger partial charge on any atom is -0.427 e. The summed E-state index contributed by atoms with van der Waals surface area (Å²) in [6, 6.07) is -0.156. The van der Waals surface area contributed by atoms with Crippen LogP contribution in [0.5, 0.6) is 0 Å². The molecule has 2 atom stereocenters. The zero-order valence-corrected chi connectivity index (χ0v) is 7.25. The van der Waals surface area contributed by atoms with Gasteiger partial charge < -0.3 is 14.3 Å². The number of alkyl halides is 1. The van der Waals surface area contributed by atoms with Crippen LogP contribution in [0.15, 0.2) is 0 Å². The van der Waals surface area contributed by atoms with Crippen LogP contribution in [0.4, 0.5) is 0 Å². The number of carbonyl (C=O) groups excluding carboxylic acids is 1. The Morgan fingerprint density at radius 3 is 3.09 bits per heavy atom. The largest absolute Gasteiger partial charge is 0.427 e. The molecule has 11 heavy (non-hydrogen) atoms. The van der Waals surface area contributed by atoms with Gasteiger partial charge in [0.2, 0.25) is 0 Å². The molecule has 1 heterocycles. The van der Waals surface area contributed by atoms with Crippen LogP contribution in [0.1, 0.15) is 6.42 Å². The zero-order valence-electron chi connectivity index (χ0n) is 6.50. The summed E-state index contributed by atoms with van der Waals surface area (Å²) < 4.78 is 4.91. The smallest absolute Gasteiger partial charge is 0.363 e. The maximum absolute atomic E-state index is 10.5. The molecule has 0 aliphatic carbocycles. The number of nitrogens with zero attached hydrogens (tertiary/aromatic N) is 1. The third kappa shape index (κ3) is 1.95. The molecule has 0 saturated carbocycles. The number of hydrogen-bond acceptors (Lipinski definition) is 3. The minimum absolute atomic E-state index is 0.0392. The van der Waals surface area contributed by atoms with Gasteiger partial charge in [-0.15, -0.1) is 11.6 Å². The molecule has 1 aliphatic rings. The van der Waals surface area contributed by atoms with Crippen molar-refractivity contribution in [2.24, 2.45) is 0 Å². The van der Waals surface area contributed by atoms with Crippen molar-refractivity contribution >= 4 is 25.5 Å². The summed E-state index contributed by atoms with van der Waals surface area (Å²) in [7, 11) is 2.11. The van der Waals surface area contributed by atoms with Gasteiger partial charge in [-0.3, -0.25) is 0 Å². The lowest BCUT2D eigenvalue weighted by molar-refractivity contribution is -0.110. The van der Waals surface area contributed by atoms with Crippen molar-refractivity contribution in [3.05, 3.63) is 0 Å². The van der Waals surface area contributed by atoms with Crippen LogP contribution in [0.3, 0.4) is 0 Å². The fourth-order valence-electron chi connectivity index (χ4n) is 1.33. The standard InChI is InChI=1S/C6H11BClNO2/c1-11-7-9-3-2-5(8)6(9)4-10/h4-7H,2-3H2,1H3/t5?,6-/m0/s1. The molecule has 0 N–H and O–H groups in total. The van der Waals surface area contributed by atoms with Crippen molar-refractivity contribution in [3.8, 4) is 0 Å². The van der Waals surface area contributed by atoms with E-state index in [2.05, 4.69) is 0 Å². The van der Waals surface area contributed by atoms with E-state index in [0.717, 1.165) is 19.3 Å². The monoisotopic (exact) mass is 175 g/mol. The topological polar surface area (TPSA) is 29.5 Å². The second-order valence-corrected chi connectivity index (χ2v) is 3.22. The van der Waals surface area contributed by atoms with Crippen molar-refractivity contribution in [1.82, 2.24) is 4.81 Å².